The van der Waals surface area contributed by atoms with Crippen LogP contribution in [0.3, 0.4) is 0 Å². The Morgan fingerprint density at radius 3 is 2.57 bits per heavy atom. The van der Waals surface area contributed by atoms with Crippen LogP contribution in [0.1, 0.15) is 24.3 Å². The summed E-state index contributed by atoms with van der Waals surface area (Å²) < 4.78 is 39.7. The molecule has 9 nitrogen and oxygen atoms in total. The molecule has 14 heteroatoms. The number of fused-ring (bicyclic) bond motifs is 2. The van der Waals surface area contributed by atoms with E-state index in [2.05, 4.69) is 0 Å². The van der Waals surface area contributed by atoms with Crippen molar-refractivity contribution in [2.75, 3.05) is 17.2 Å². The summed E-state index contributed by atoms with van der Waals surface area (Å²) in [6.07, 6.45) is 1.51. The second-order valence-electron chi connectivity index (χ2n) is 8.01. The number of anilines is 1. The molecular weight excluding hydrogens is 583 g/mol. The molecule has 2 N–H and O–H groups in total. The fourth-order valence-corrected chi connectivity index (χ4v) is 6.73. The molecule has 2 heterocycles. The second-order valence-corrected chi connectivity index (χ2v) is 12.6. The fraction of sp³-hybridized carbons (Fsp3) is 0.261. The number of carbonyl (C=O) groups is 2. The van der Waals surface area contributed by atoms with Crippen LogP contribution < -0.4 is 9.47 Å². The van der Waals surface area contributed by atoms with Gasteiger partial charge in [0.05, 0.1) is 35.4 Å². The zero-order valence-electron chi connectivity index (χ0n) is 19.1. The highest BCUT2D eigenvalue weighted by Gasteiger charge is 2.29. The Kier molecular flexibility index (Phi) is 8.66. The Labute approximate surface area is 231 Å². The standard InChI is InChI=1S/C23H20Cl2N2O7S3/c24-14-2-4-18-16(10-14)26(8-1-9-37(31,32)33)20(35-18)12-21-27(13-34-23(30)7-6-22(28)29)17-11-15(25)3-5-19(17)36-21/h2-5,10-12H,1,6-9,13H2,(H-,28,29,31,32,33)/p+1. The lowest BCUT2D eigenvalue weighted by atomic mass is 10.2. The number of hydrogen-bond donors (Lipinski definition) is 2. The van der Waals surface area contributed by atoms with Gasteiger partial charge in [-0.05, 0) is 36.8 Å². The van der Waals surface area contributed by atoms with Gasteiger partial charge in [0.15, 0.2) is 0 Å². The number of thioether (sulfide) groups is 1. The molecule has 0 spiro atoms. The van der Waals surface area contributed by atoms with E-state index in [0.717, 1.165) is 30.8 Å². The average Bonchev–Trinajstić information content (AvgIpc) is 3.32. The maximum absolute atomic E-state index is 12.1. The third kappa shape index (κ3) is 7.15. The third-order valence-corrected chi connectivity index (χ3v) is 8.81. The Morgan fingerprint density at radius 2 is 1.84 bits per heavy atom. The van der Waals surface area contributed by atoms with Crippen LogP contribution >= 0.6 is 46.3 Å². The highest BCUT2D eigenvalue weighted by atomic mass is 35.5. The van der Waals surface area contributed by atoms with Crippen LogP contribution in [0, 0.1) is 0 Å². The van der Waals surface area contributed by atoms with Crippen LogP contribution in [0.15, 0.2) is 46.3 Å². The molecule has 0 saturated carbocycles. The molecule has 0 atom stereocenters. The van der Waals surface area contributed by atoms with Gasteiger partial charge in [-0.3, -0.25) is 14.1 Å². The van der Waals surface area contributed by atoms with Crippen LogP contribution in [-0.2, 0) is 31.2 Å². The molecule has 0 amide bonds. The van der Waals surface area contributed by atoms with Gasteiger partial charge >= 0.3 is 11.9 Å². The van der Waals surface area contributed by atoms with E-state index in [1.165, 1.54) is 23.1 Å². The molecule has 1 aromatic heterocycles. The predicted octanol–water partition coefficient (Wildman–Crippen LogP) is 5.05. The number of nitrogens with zero attached hydrogens (tertiary/aromatic N) is 2. The highest BCUT2D eigenvalue weighted by Crippen LogP contribution is 2.48. The monoisotopic (exact) mass is 603 g/mol. The minimum Gasteiger partial charge on any atom is -0.481 e. The average molecular weight is 605 g/mol. The summed E-state index contributed by atoms with van der Waals surface area (Å²) in [4.78, 5) is 25.7. The normalized spacial score (nSPS) is 14.4. The van der Waals surface area contributed by atoms with Gasteiger partial charge in [0.2, 0.25) is 5.52 Å². The largest absolute Gasteiger partial charge is 0.481 e. The third-order valence-electron chi connectivity index (χ3n) is 5.31. The van der Waals surface area contributed by atoms with Crippen LogP contribution in [-0.4, -0.2) is 42.3 Å². The van der Waals surface area contributed by atoms with Gasteiger partial charge in [0, 0.05) is 27.6 Å². The number of rotatable bonds is 10. The summed E-state index contributed by atoms with van der Waals surface area (Å²) >= 11 is 15.4. The number of aromatic nitrogens is 1. The maximum atomic E-state index is 12.1. The van der Waals surface area contributed by atoms with Crippen molar-refractivity contribution in [1.29, 1.82) is 0 Å². The first-order chi connectivity index (χ1) is 17.5. The first-order valence-corrected chi connectivity index (χ1v) is 14.9. The first kappa shape index (κ1) is 27.7. The van der Waals surface area contributed by atoms with E-state index in [0.29, 0.717) is 16.6 Å². The number of esters is 1. The van der Waals surface area contributed by atoms with Crippen LogP contribution in [0.4, 0.5) is 5.69 Å². The molecule has 37 heavy (non-hydrogen) atoms. The fourth-order valence-electron chi connectivity index (χ4n) is 3.66. The zero-order valence-corrected chi connectivity index (χ0v) is 23.1. The molecule has 0 unspecified atom stereocenters. The minimum absolute atomic E-state index is 0.149. The molecule has 0 bridgehead atoms. The van der Waals surface area contributed by atoms with Crippen molar-refractivity contribution in [3.8, 4) is 0 Å². The smallest absolute Gasteiger partial charge is 0.311 e. The number of carbonyl (C=O) groups excluding carboxylic acids is 1. The molecule has 2 aromatic carbocycles. The van der Waals surface area contributed by atoms with Crippen LogP contribution in [0.5, 0.6) is 0 Å². The summed E-state index contributed by atoms with van der Waals surface area (Å²) in [5, 5.41) is 11.4. The predicted molar refractivity (Wildman–Crippen MR) is 144 cm³/mol. The Balaban J connectivity index is 1.69. The lowest BCUT2D eigenvalue weighted by Gasteiger charge is -2.20. The van der Waals surface area contributed by atoms with Crippen molar-refractivity contribution in [2.24, 2.45) is 0 Å². The van der Waals surface area contributed by atoms with Gasteiger partial charge in [-0.15, -0.1) is 4.57 Å². The Bertz CT molecular complexity index is 1510. The van der Waals surface area contributed by atoms with E-state index >= 15 is 0 Å². The molecule has 0 saturated heterocycles. The molecule has 4 rings (SSSR count). The van der Waals surface area contributed by atoms with Gasteiger partial charge in [-0.2, -0.15) is 8.42 Å². The number of aliphatic carboxylic acids is 1. The van der Waals surface area contributed by atoms with E-state index in [1.807, 2.05) is 23.1 Å². The first-order valence-electron chi connectivity index (χ1n) is 10.9. The van der Waals surface area contributed by atoms with Crippen molar-refractivity contribution in [1.82, 2.24) is 0 Å². The number of benzene rings is 2. The maximum Gasteiger partial charge on any atom is 0.311 e. The second kappa shape index (κ2) is 11.6. The van der Waals surface area contributed by atoms with Gasteiger partial charge in [-0.1, -0.05) is 46.3 Å². The van der Waals surface area contributed by atoms with E-state index in [-0.39, 0.29) is 31.7 Å². The van der Waals surface area contributed by atoms with Crippen molar-refractivity contribution < 1.29 is 37.0 Å². The van der Waals surface area contributed by atoms with Crippen molar-refractivity contribution in [2.45, 2.75) is 30.9 Å². The number of hydrogen-bond acceptors (Lipinski definition) is 8. The topological polar surface area (TPSA) is 125 Å². The van der Waals surface area contributed by atoms with Gasteiger partial charge in [-0.25, -0.2) is 0 Å². The Morgan fingerprint density at radius 1 is 1.11 bits per heavy atom. The quantitative estimate of drug-likeness (QED) is 0.186. The van der Waals surface area contributed by atoms with E-state index in [9.17, 15) is 22.6 Å². The highest BCUT2D eigenvalue weighted by molar-refractivity contribution is 8.03. The summed E-state index contributed by atoms with van der Waals surface area (Å²) in [6, 6.07) is 10.8. The number of carboxylic acids is 1. The summed E-state index contributed by atoms with van der Waals surface area (Å²) in [6.45, 7) is 0.164. The number of ether oxygens (including phenoxy) is 1. The van der Waals surface area contributed by atoms with Crippen molar-refractivity contribution in [3.63, 3.8) is 0 Å². The van der Waals surface area contributed by atoms with E-state index in [1.54, 1.807) is 28.8 Å². The van der Waals surface area contributed by atoms with E-state index in [4.69, 9.17) is 33.0 Å². The van der Waals surface area contributed by atoms with Crippen LogP contribution in [0.2, 0.25) is 10.0 Å². The number of carboxylic acid groups (broad SMARTS) is 1. The number of halogens is 2. The van der Waals surface area contributed by atoms with Gasteiger partial charge in [0.1, 0.15) is 4.70 Å². The molecule has 0 aliphatic carbocycles. The SMILES string of the molecule is O=C(O)CCC(=O)OC[n+]1c(C=C2Sc3ccc(Cl)cc3N2CCCS(=O)(=O)O)sc2ccc(Cl)cc21. The minimum atomic E-state index is -4.11. The molecule has 0 fully saturated rings. The Hall–Kier alpha value is -2.35. The van der Waals surface area contributed by atoms with Crippen molar-refractivity contribution in [3.05, 3.63) is 56.5 Å². The molecule has 1 aliphatic rings. The number of thiazole rings is 1. The lowest BCUT2D eigenvalue weighted by Crippen LogP contribution is -2.37. The summed E-state index contributed by atoms with van der Waals surface area (Å²) in [5.74, 6) is -2.11. The van der Waals surface area contributed by atoms with Crippen LogP contribution in [0.25, 0.3) is 16.3 Å². The summed E-state index contributed by atoms with van der Waals surface area (Å²) in [5.41, 5.74) is 1.55. The van der Waals surface area contributed by atoms with Gasteiger partial charge in [0.25, 0.3) is 21.9 Å². The van der Waals surface area contributed by atoms with Gasteiger partial charge < -0.3 is 14.7 Å². The van der Waals surface area contributed by atoms with E-state index < -0.39 is 22.1 Å². The summed E-state index contributed by atoms with van der Waals surface area (Å²) in [7, 11) is -4.11. The molecular formula is C23H21Cl2N2O7S3+. The zero-order chi connectivity index (χ0) is 26.7. The molecule has 196 valence electrons. The molecule has 3 aromatic rings. The van der Waals surface area contributed by atoms with Crippen molar-refractivity contribution >= 4 is 90.3 Å². The molecule has 0 radical (unpaired) electrons. The lowest BCUT2D eigenvalue weighted by molar-refractivity contribution is -0.701. The molecule has 1 aliphatic heterocycles.